The van der Waals surface area contributed by atoms with Gasteiger partial charge in [0.25, 0.3) is 0 Å². The normalized spacial score (nSPS) is 19.6. The van der Waals surface area contributed by atoms with Crippen molar-refractivity contribution in [1.29, 1.82) is 0 Å². The molecule has 2 unspecified atom stereocenters. The van der Waals surface area contributed by atoms with Gasteiger partial charge in [-0.15, -0.1) is 0 Å². The van der Waals surface area contributed by atoms with Crippen molar-refractivity contribution in [2.24, 2.45) is 5.73 Å². The molecule has 22 heavy (non-hydrogen) atoms. The van der Waals surface area contributed by atoms with Crippen molar-refractivity contribution >= 4 is 12.1 Å². The smallest absolute Gasteiger partial charge is 0.432 e. The second kappa shape index (κ2) is 11.0. The number of nitrogens with two attached hydrogens (primary N) is 1. The Morgan fingerprint density at radius 1 is 1.32 bits per heavy atom. The highest BCUT2D eigenvalue weighted by atomic mass is 16.6. The van der Waals surface area contributed by atoms with Crippen LogP contribution in [0.2, 0.25) is 0 Å². The lowest BCUT2D eigenvalue weighted by molar-refractivity contribution is -0.147. The first-order valence-corrected chi connectivity index (χ1v) is 7.84. The number of esters is 1. The topological polar surface area (TPSA) is 111 Å². The van der Waals surface area contributed by atoms with Crippen molar-refractivity contribution in [3.8, 4) is 0 Å². The van der Waals surface area contributed by atoms with Gasteiger partial charge in [-0.3, -0.25) is 15.7 Å². The second-order valence-electron chi connectivity index (χ2n) is 5.40. The van der Waals surface area contributed by atoms with Crippen LogP contribution in [0.1, 0.15) is 57.8 Å². The van der Waals surface area contributed by atoms with Crippen LogP contribution >= 0.6 is 0 Å². The number of hydroxylamine groups is 1. The number of hydrogen-bond acceptors (Lipinski definition) is 6. The summed E-state index contributed by atoms with van der Waals surface area (Å²) in [5.74, 6) is -0.210. The number of hydrogen-bond donors (Lipinski definition) is 3. The maximum atomic E-state index is 11.8. The summed E-state index contributed by atoms with van der Waals surface area (Å²) >= 11 is 0. The predicted octanol–water partition coefficient (Wildman–Crippen LogP) is 2.38. The van der Waals surface area contributed by atoms with Crippen molar-refractivity contribution in [3.05, 3.63) is 12.2 Å². The van der Waals surface area contributed by atoms with Crippen LogP contribution in [0, 0.1) is 0 Å². The highest BCUT2D eigenvalue weighted by molar-refractivity contribution is 5.69. The van der Waals surface area contributed by atoms with E-state index in [0.717, 1.165) is 19.3 Å². The molecule has 0 aromatic carbocycles. The summed E-state index contributed by atoms with van der Waals surface area (Å²) in [5.41, 5.74) is 6.87. The fourth-order valence-electron chi connectivity index (χ4n) is 2.29. The molecule has 0 saturated carbocycles. The van der Waals surface area contributed by atoms with E-state index in [2.05, 4.69) is 10.8 Å². The molecule has 1 aliphatic rings. The number of rotatable bonds is 7. The van der Waals surface area contributed by atoms with E-state index in [1.54, 1.807) is 0 Å². The summed E-state index contributed by atoms with van der Waals surface area (Å²) in [7, 11) is 0. The average Bonchev–Trinajstić information content (AvgIpc) is 2.46. The zero-order valence-electron chi connectivity index (χ0n) is 12.8. The summed E-state index contributed by atoms with van der Waals surface area (Å²) in [4.78, 5) is 22.5. The van der Waals surface area contributed by atoms with Gasteiger partial charge in [-0.05, 0) is 51.0 Å². The van der Waals surface area contributed by atoms with E-state index in [4.69, 9.17) is 15.7 Å². The maximum absolute atomic E-state index is 11.8. The molecule has 7 nitrogen and oxygen atoms in total. The Morgan fingerprint density at radius 3 is 2.91 bits per heavy atom. The number of carbonyl (C=O) groups is 2. The molecule has 126 valence electrons. The minimum atomic E-state index is -0.983. The van der Waals surface area contributed by atoms with Crippen molar-refractivity contribution in [1.82, 2.24) is 5.48 Å². The molecule has 0 spiro atoms. The van der Waals surface area contributed by atoms with Crippen LogP contribution < -0.4 is 11.2 Å². The van der Waals surface area contributed by atoms with E-state index in [1.807, 2.05) is 6.08 Å². The molecular formula is C15H26N2O5. The summed E-state index contributed by atoms with van der Waals surface area (Å²) < 4.78 is 10.0. The van der Waals surface area contributed by atoms with Crippen molar-refractivity contribution in [2.45, 2.75) is 70.1 Å². The minimum absolute atomic E-state index is 0.105. The van der Waals surface area contributed by atoms with Gasteiger partial charge in [-0.25, -0.2) is 10.3 Å². The lowest BCUT2D eigenvalue weighted by atomic mass is 10.0. The number of ether oxygens (including phenoxy) is 2. The quantitative estimate of drug-likeness (QED) is 0.166. The molecule has 4 N–H and O–H groups in total. The van der Waals surface area contributed by atoms with Crippen LogP contribution in [-0.4, -0.2) is 29.6 Å². The van der Waals surface area contributed by atoms with Gasteiger partial charge in [-0.1, -0.05) is 12.5 Å². The summed E-state index contributed by atoms with van der Waals surface area (Å²) in [6.45, 7) is 0. The van der Waals surface area contributed by atoms with E-state index in [1.165, 1.54) is 18.3 Å². The van der Waals surface area contributed by atoms with E-state index >= 15 is 0 Å². The Bertz CT molecular complexity index is 373. The van der Waals surface area contributed by atoms with Crippen LogP contribution in [0.25, 0.3) is 0 Å². The summed E-state index contributed by atoms with van der Waals surface area (Å²) in [5, 5.41) is 8.27. The van der Waals surface area contributed by atoms with E-state index in [-0.39, 0.29) is 12.1 Å². The molecule has 7 heteroatoms. The Labute approximate surface area is 130 Å². The van der Waals surface area contributed by atoms with Gasteiger partial charge in [0.1, 0.15) is 6.10 Å². The second-order valence-corrected chi connectivity index (χ2v) is 5.40. The molecule has 0 bridgehead atoms. The largest absolute Gasteiger partial charge is 0.458 e. The molecule has 0 fully saturated rings. The lowest BCUT2D eigenvalue weighted by Gasteiger charge is -2.16. The molecule has 0 saturated heterocycles. The number of allylic oxidation sites excluding steroid dienone is 1. The Balaban J connectivity index is 2.12. The van der Waals surface area contributed by atoms with Crippen LogP contribution in [0.5, 0.6) is 0 Å². The first-order chi connectivity index (χ1) is 10.6. The van der Waals surface area contributed by atoms with Crippen LogP contribution in [0.3, 0.4) is 0 Å². The van der Waals surface area contributed by atoms with E-state index < -0.39 is 12.3 Å². The van der Waals surface area contributed by atoms with E-state index in [0.29, 0.717) is 25.7 Å². The molecule has 2 atom stereocenters. The molecule has 0 aromatic heterocycles. The van der Waals surface area contributed by atoms with Crippen LogP contribution in [0.15, 0.2) is 12.2 Å². The van der Waals surface area contributed by atoms with Crippen molar-refractivity contribution in [3.63, 3.8) is 0 Å². The predicted molar refractivity (Wildman–Crippen MR) is 80.0 cm³/mol. The SMILES string of the molecule is NC(CCCCC(=O)OC1C=CCCCCC1)OC(=O)NO. The van der Waals surface area contributed by atoms with Crippen LogP contribution in [-0.2, 0) is 14.3 Å². The van der Waals surface area contributed by atoms with Gasteiger partial charge in [0.15, 0.2) is 6.23 Å². The average molecular weight is 314 g/mol. The monoisotopic (exact) mass is 314 g/mol. The third-order valence-corrected chi connectivity index (χ3v) is 3.46. The Kier molecular flexibility index (Phi) is 9.25. The lowest BCUT2D eigenvalue weighted by Crippen LogP contribution is -2.32. The maximum Gasteiger partial charge on any atom is 0.432 e. The first-order valence-electron chi connectivity index (χ1n) is 7.84. The van der Waals surface area contributed by atoms with Gasteiger partial charge in [0, 0.05) is 6.42 Å². The van der Waals surface area contributed by atoms with Gasteiger partial charge in [0.05, 0.1) is 0 Å². The van der Waals surface area contributed by atoms with E-state index in [9.17, 15) is 9.59 Å². The van der Waals surface area contributed by atoms with Crippen molar-refractivity contribution < 1.29 is 24.3 Å². The summed E-state index contributed by atoms with van der Waals surface area (Å²) in [6.07, 6.45) is 9.58. The number of nitrogens with one attached hydrogen (secondary N) is 1. The number of amides is 1. The number of unbranched alkanes of at least 4 members (excludes halogenated alkanes) is 1. The third kappa shape index (κ3) is 8.63. The fraction of sp³-hybridized carbons (Fsp3) is 0.733. The highest BCUT2D eigenvalue weighted by Gasteiger charge is 2.13. The molecule has 1 aliphatic carbocycles. The Hall–Kier alpha value is -1.60. The standard InChI is InChI=1S/C15H26N2O5/c16-13(22-15(19)17-20)10-6-7-11-14(18)21-12-8-4-2-1-3-5-9-12/h4,8,12-13,20H,1-3,5-7,9-11,16H2,(H,17,19). The fourth-order valence-corrected chi connectivity index (χ4v) is 2.29. The van der Waals surface area contributed by atoms with Gasteiger partial charge >= 0.3 is 12.1 Å². The van der Waals surface area contributed by atoms with Gasteiger partial charge < -0.3 is 9.47 Å². The third-order valence-electron chi connectivity index (χ3n) is 3.46. The van der Waals surface area contributed by atoms with Gasteiger partial charge in [-0.2, -0.15) is 0 Å². The molecular weight excluding hydrogens is 288 g/mol. The van der Waals surface area contributed by atoms with Gasteiger partial charge in [0.2, 0.25) is 0 Å². The number of carbonyl (C=O) groups excluding carboxylic acids is 2. The zero-order valence-corrected chi connectivity index (χ0v) is 12.8. The Morgan fingerprint density at radius 2 is 2.14 bits per heavy atom. The van der Waals surface area contributed by atoms with Crippen molar-refractivity contribution in [2.75, 3.05) is 0 Å². The van der Waals surface area contributed by atoms with Crippen LogP contribution in [0.4, 0.5) is 4.79 Å². The zero-order chi connectivity index (χ0) is 16.2. The molecule has 1 rings (SSSR count). The minimum Gasteiger partial charge on any atom is -0.458 e. The first kappa shape index (κ1) is 18.4. The molecule has 0 heterocycles. The summed E-state index contributed by atoms with van der Waals surface area (Å²) in [6, 6.07) is 0. The molecule has 1 amide bonds. The molecule has 0 radical (unpaired) electrons. The molecule has 0 aliphatic heterocycles. The molecule has 0 aromatic rings. The highest BCUT2D eigenvalue weighted by Crippen LogP contribution is 2.15.